The predicted octanol–water partition coefficient (Wildman–Crippen LogP) is 3.33. The Kier molecular flexibility index (Phi) is 6.06. The van der Waals surface area contributed by atoms with Crippen LogP contribution in [0.4, 0.5) is 0 Å². The van der Waals surface area contributed by atoms with Crippen molar-refractivity contribution < 1.29 is 0 Å². The highest BCUT2D eigenvalue weighted by Crippen LogP contribution is 2.30. The molecule has 1 aliphatic carbocycles. The quantitative estimate of drug-likeness (QED) is 0.797. The summed E-state index contributed by atoms with van der Waals surface area (Å²) in [4.78, 5) is 0. The summed E-state index contributed by atoms with van der Waals surface area (Å²) < 4.78 is 0. The Labute approximate surface area is 124 Å². The zero-order chi connectivity index (χ0) is 14.4. The van der Waals surface area contributed by atoms with Crippen LogP contribution in [0.2, 0.25) is 0 Å². The van der Waals surface area contributed by atoms with Gasteiger partial charge in [-0.25, -0.2) is 0 Å². The molecule has 0 saturated carbocycles. The van der Waals surface area contributed by atoms with Gasteiger partial charge in [0.2, 0.25) is 0 Å². The van der Waals surface area contributed by atoms with Gasteiger partial charge in [-0.3, -0.25) is 0 Å². The van der Waals surface area contributed by atoms with Crippen LogP contribution in [0.5, 0.6) is 0 Å². The molecule has 2 heteroatoms. The maximum Gasteiger partial charge on any atom is 0.0164 e. The van der Waals surface area contributed by atoms with Gasteiger partial charge in [0.05, 0.1) is 0 Å². The molecule has 112 valence electrons. The van der Waals surface area contributed by atoms with E-state index < -0.39 is 0 Å². The SMILES string of the molecule is CC(C)CNCC(C)NCC1CCCc2ccccc21. The van der Waals surface area contributed by atoms with Crippen molar-refractivity contribution in [2.75, 3.05) is 19.6 Å². The third-order valence-corrected chi connectivity index (χ3v) is 4.21. The van der Waals surface area contributed by atoms with E-state index in [4.69, 9.17) is 0 Å². The summed E-state index contributed by atoms with van der Waals surface area (Å²) in [5, 5.41) is 7.23. The van der Waals surface area contributed by atoms with E-state index in [1.807, 2.05) is 0 Å². The number of hydrogen-bond acceptors (Lipinski definition) is 2. The summed E-state index contributed by atoms with van der Waals surface area (Å²) >= 11 is 0. The molecule has 2 nitrogen and oxygen atoms in total. The number of benzene rings is 1. The zero-order valence-electron chi connectivity index (χ0n) is 13.3. The molecule has 2 rings (SSSR count). The Balaban J connectivity index is 1.77. The molecule has 0 aliphatic heterocycles. The summed E-state index contributed by atoms with van der Waals surface area (Å²) in [7, 11) is 0. The number of aryl methyl sites for hydroxylation is 1. The Morgan fingerprint density at radius 3 is 2.75 bits per heavy atom. The van der Waals surface area contributed by atoms with E-state index in [1.54, 1.807) is 11.1 Å². The van der Waals surface area contributed by atoms with Crippen LogP contribution < -0.4 is 10.6 Å². The summed E-state index contributed by atoms with van der Waals surface area (Å²) in [6.45, 7) is 10.1. The first kappa shape index (κ1) is 15.5. The van der Waals surface area contributed by atoms with Gasteiger partial charge in [-0.2, -0.15) is 0 Å². The van der Waals surface area contributed by atoms with Crippen LogP contribution in [0, 0.1) is 5.92 Å². The van der Waals surface area contributed by atoms with Crippen LogP contribution in [-0.4, -0.2) is 25.7 Å². The average Bonchev–Trinajstić information content (AvgIpc) is 2.44. The van der Waals surface area contributed by atoms with E-state index in [9.17, 15) is 0 Å². The molecule has 0 radical (unpaired) electrons. The number of hydrogen-bond donors (Lipinski definition) is 2. The van der Waals surface area contributed by atoms with Gasteiger partial charge in [-0.1, -0.05) is 38.1 Å². The highest BCUT2D eigenvalue weighted by Gasteiger charge is 2.19. The van der Waals surface area contributed by atoms with E-state index in [2.05, 4.69) is 55.7 Å². The minimum absolute atomic E-state index is 0.544. The van der Waals surface area contributed by atoms with Gasteiger partial charge in [0.15, 0.2) is 0 Å². The Bertz CT molecular complexity index is 400. The van der Waals surface area contributed by atoms with E-state index >= 15 is 0 Å². The van der Waals surface area contributed by atoms with Crippen LogP contribution in [0.25, 0.3) is 0 Å². The van der Waals surface area contributed by atoms with E-state index in [0.29, 0.717) is 12.0 Å². The molecular formula is C18H30N2. The predicted molar refractivity (Wildman–Crippen MR) is 87.3 cm³/mol. The molecule has 0 bridgehead atoms. The summed E-state index contributed by atoms with van der Waals surface area (Å²) in [5.41, 5.74) is 3.14. The van der Waals surface area contributed by atoms with Crippen molar-refractivity contribution in [3.8, 4) is 0 Å². The fourth-order valence-electron chi connectivity index (χ4n) is 3.07. The summed E-state index contributed by atoms with van der Waals surface area (Å²) in [6, 6.07) is 9.53. The standard InChI is InChI=1S/C18H30N2/c1-14(2)11-19-12-15(3)20-13-17-9-6-8-16-7-4-5-10-18(16)17/h4-5,7,10,14-15,17,19-20H,6,8-9,11-13H2,1-3H3. The van der Waals surface area contributed by atoms with Crippen molar-refractivity contribution in [1.29, 1.82) is 0 Å². The lowest BCUT2D eigenvalue weighted by atomic mass is 9.83. The minimum Gasteiger partial charge on any atom is -0.315 e. The van der Waals surface area contributed by atoms with Gasteiger partial charge in [0, 0.05) is 19.1 Å². The van der Waals surface area contributed by atoms with Gasteiger partial charge in [-0.15, -0.1) is 0 Å². The molecule has 0 saturated heterocycles. The molecule has 1 aliphatic rings. The molecule has 0 fully saturated rings. The van der Waals surface area contributed by atoms with Crippen molar-refractivity contribution in [3.63, 3.8) is 0 Å². The number of rotatable bonds is 7. The van der Waals surface area contributed by atoms with Gasteiger partial charge in [0.1, 0.15) is 0 Å². The fraction of sp³-hybridized carbons (Fsp3) is 0.667. The second kappa shape index (κ2) is 7.80. The molecule has 2 N–H and O–H groups in total. The first-order valence-corrected chi connectivity index (χ1v) is 8.18. The van der Waals surface area contributed by atoms with E-state index in [-0.39, 0.29) is 0 Å². The molecular weight excluding hydrogens is 244 g/mol. The largest absolute Gasteiger partial charge is 0.315 e. The van der Waals surface area contributed by atoms with Crippen LogP contribution in [0.3, 0.4) is 0 Å². The summed E-state index contributed by atoms with van der Waals surface area (Å²) in [6.07, 6.45) is 3.93. The van der Waals surface area contributed by atoms with E-state index in [0.717, 1.165) is 25.6 Å². The highest BCUT2D eigenvalue weighted by molar-refractivity contribution is 5.32. The van der Waals surface area contributed by atoms with Crippen molar-refractivity contribution in [3.05, 3.63) is 35.4 Å². The Morgan fingerprint density at radius 2 is 1.95 bits per heavy atom. The van der Waals surface area contributed by atoms with Crippen molar-refractivity contribution in [1.82, 2.24) is 10.6 Å². The molecule has 20 heavy (non-hydrogen) atoms. The Morgan fingerprint density at radius 1 is 1.15 bits per heavy atom. The molecule has 1 aromatic rings. The maximum atomic E-state index is 3.70. The molecule has 0 spiro atoms. The lowest BCUT2D eigenvalue weighted by Crippen LogP contribution is -2.39. The third kappa shape index (κ3) is 4.60. The minimum atomic E-state index is 0.544. The van der Waals surface area contributed by atoms with E-state index in [1.165, 1.54) is 19.3 Å². The second-order valence-electron chi connectivity index (χ2n) is 6.65. The van der Waals surface area contributed by atoms with Crippen molar-refractivity contribution in [2.24, 2.45) is 5.92 Å². The molecule has 2 atom stereocenters. The van der Waals surface area contributed by atoms with Gasteiger partial charge in [-0.05, 0) is 55.7 Å². The molecule has 2 unspecified atom stereocenters. The van der Waals surface area contributed by atoms with Crippen LogP contribution in [-0.2, 0) is 6.42 Å². The molecule has 0 amide bonds. The fourth-order valence-corrected chi connectivity index (χ4v) is 3.07. The average molecular weight is 274 g/mol. The van der Waals surface area contributed by atoms with Crippen LogP contribution >= 0.6 is 0 Å². The normalized spacial score (nSPS) is 19.9. The maximum absolute atomic E-state index is 3.70. The van der Waals surface area contributed by atoms with Gasteiger partial charge < -0.3 is 10.6 Å². The molecule has 0 heterocycles. The number of fused-ring (bicyclic) bond motifs is 1. The van der Waals surface area contributed by atoms with Crippen LogP contribution in [0.1, 0.15) is 50.7 Å². The van der Waals surface area contributed by atoms with Crippen molar-refractivity contribution in [2.45, 2.75) is 52.0 Å². The monoisotopic (exact) mass is 274 g/mol. The van der Waals surface area contributed by atoms with Gasteiger partial charge >= 0.3 is 0 Å². The highest BCUT2D eigenvalue weighted by atomic mass is 15.0. The van der Waals surface area contributed by atoms with Gasteiger partial charge in [0.25, 0.3) is 0 Å². The molecule has 1 aromatic carbocycles. The smallest absolute Gasteiger partial charge is 0.0164 e. The molecule has 0 aromatic heterocycles. The summed E-state index contributed by atoms with van der Waals surface area (Å²) in [5.74, 6) is 1.43. The first-order valence-electron chi connectivity index (χ1n) is 8.18. The first-order chi connectivity index (χ1) is 9.66. The van der Waals surface area contributed by atoms with Crippen LogP contribution in [0.15, 0.2) is 24.3 Å². The third-order valence-electron chi connectivity index (χ3n) is 4.21. The van der Waals surface area contributed by atoms with Crippen molar-refractivity contribution >= 4 is 0 Å². The Hall–Kier alpha value is -0.860. The number of nitrogens with one attached hydrogen (secondary N) is 2. The lowest BCUT2D eigenvalue weighted by molar-refractivity contribution is 0.437. The zero-order valence-corrected chi connectivity index (χ0v) is 13.3. The second-order valence-corrected chi connectivity index (χ2v) is 6.65. The lowest BCUT2D eigenvalue weighted by Gasteiger charge is -2.27. The topological polar surface area (TPSA) is 24.1 Å².